The highest BCUT2D eigenvalue weighted by molar-refractivity contribution is 6.03. The average Bonchev–Trinajstić information content (AvgIpc) is 3.77. The van der Waals surface area contributed by atoms with Crippen LogP contribution in [0.2, 0.25) is 0 Å². The van der Waals surface area contributed by atoms with Crippen molar-refractivity contribution in [3.63, 3.8) is 0 Å². The van der Waals surface area contributed by atoms with E-state index in [1.807, 2.05) is 16.9 Å². The van der Waals surface area contributed by atoms with E-state index in [2.05, 4.69) is 129 Å². The fraction of sp³-hybridized carbons (Fsp3) is 0.333. The molecule has 0 atom stereocenters. The van der Waals surface area contributed by atoms with Crippen LogP contribution in [-0.2, 0) is 10.8 Å². The van der Waals surface area contributed by atoms with E-state index in [0.717, 1.165) is 56.5 Å². The van der Waals surface area contributed by atoms with Gasteiger partial charge in [-0.15, -0.1) is 5.10 Å². The van der Waals surface area contributed by atoms with E-state index in [9.17, 15) is 9.90 Å². The Kier molecular flexibility index (Phi) is 9.47. The molecule has 7 nitrogen and oxygen atoms in total. The van der Waals surface area contributed by atoms with Gasteiger partial charge in [0, 0.05) is 53.0 Å². The minimum absolute atomic E-state index is 0.137. The van der Waals surface area contributed by atoms with Crippen LogP contribution < -0.4 is 4.90 Å². The van der Waals surface area contributed by atoms with Crippen LogP contribution in [-0.4, -0.2) is 49.4 Å². The molecule has 0 fully saturated rings. The molecule has 0 saturated carbocycles. The van der Waals surface area contributed by atoms with Crippen LogP contribution in [0.3, 0.4) is 0 Å². The van der Waals surface area contributed by atoms with E-state index in [-0.39, 0.29) is 16.4 Å². The van der Waals surface area contributed by atoms with Gasteiger partial charge in [0.2, 0.25) is 5.69 Å². The highest BCUT2D eigenvalue weighted by Gasteiger charge is 2.44. The maximum absolute atomic E-state index is 11.8. The number of aromatic carboxylic acids is 1. The Balaban J connectivity index is 1.37. The number of para-hydroxylation sites is 2. The number of aromatic nitrogens is 3. The molecule has 0 amide bonds. The van der Waals surface area contributed by atoms with Gasteiger partial charge in [0.05, 0.1) is 22.9 Å². The van der Waals surface area contributed by atoms with Crippen LogP contribution in [0, 0.1) is 0 Å². The van der Waals surface area contributed by atoms with E-state index < -0.39 is 5.97 Å². The van der Waals surface area contributed by atoms with Crippen molar-refractivity contribution in [3.8, 4) is 11.3 Å². The van der Waals surface area contributed by atoms with Crippen molar-refractivity contribution in [2.24, 2.45) is 0 Å². The molecular weight excluding hydrogens is 643 g/mol. The Hall–Kier alpha value is -5.30. The first-order valence-electron chi connectivity index (χ1n) is 18.8. The highest BCUT2D eigenvalue weighted by Crippen LogP contribution is 2.48. The SMILES string of the molecule is CCCN1/C(=C/C=C2\CCCC(/C=C/C3=[N+](CCC)c4ccccc4C3(C)C)=C2n2cc(-c3cccc(C(=O)O)c3)nn2)C(C)(C)c2ccccc21. The second kappa shape index (κ2) is 14.0. The number of rotatable bonds is 10. The average molecular weight is 693 g/mol. The maximum Gasteiger partial charge on any atom is 0.335 e. The zero-order valence-corrected chi connectivity index (χ0v) is 31.4. The summed E-state index contributed by atoms with van der Waals surface area (Å²) in [6, 6.07) is 24.5. The smallest absolute Gasteiger partial charge is 0.335 e. The van der Waals surface area contributed by atoms with Crippen molar-refractivity contribution in [3.05, 3.63) is 137 Å². The minimum Gasteiger partial charge on any atom is -0.478 e. The molecule has 4 aromatic rings. The number of carboxylic acid groups (broad SMARTS) is 1. The van der Waals surface area contributed by atoms with Gasteiger partial charge in [0.25, 0.3) is 0 Å². The quantitative estimate of drug-likeness (QED) is 0.168. The highest BCUT2D eigenvalue weighted by atomic mass is 16.4. The first-order chi connectivity index (χ1) is 25.1. The Morgan fingerprint density at radius 2 is 1.65 bits per heavy atom. The molecule has 0 unspecified atom stereocenters. The van der Waals surface area contributed by atoms with Crippen molar-refractivity contribution >= 4 is 28.8 Å². The van der Waals surface area contributed by atoms with E-state index in [1.165, 1.54) is 45.1 Å². The van der Waals surface area contributed by atoms with Gasteiger partial charge in [-0.2, -0.15) is 4.58 Å². The summed E-state index contributed by atoms with van der Waals surface area (Å²) < 4.78 is 4.40. The maximum atomic E-state index is 11.8. The lowest BCUT2D eigenvalue weighted by molar-refractivity contribution is -0.437. The Labute approximate surface area is 308 Å². The molecule has 0 saturated heterocycles. The molecular formula is C45H50N5O2+. The monoisotopic (exact) mass is 692 g/mol. The summed E-state index contributed by atoms with van der Waals surface area (Å²) in [4.78, 5) is 14.3. The zero-order chi connectivity index (χ0) is 36.6. The van der Waals surface area contributed by atoms with Gasteiger partial charge in [-0.05, 0) is 80.5 Å². The van der Waals surface area contributed by atoms with E-state index >= 15 is 0 Å². The van der Waals surface area contributed by atoms with Crippen molar-refractivity contribution < 1.29 is 14.5 Å². The van der Waals surface area contributed by atoms with Crippen molar-refractivity contribution in [1.82, 2.24) is 15.0 Å². The van der Waals surface area contributed by atoms with Gasteiger partial charge in [0.15, 0.2) is 5.71 Å². The molecule has 1 N–H and O–H groups in total. The lowest BCUT2D eigenvalue weighted by atomic mass is 9.81. The summed E-state index contributed by atoms with van der Waals surface area (Å²) in [7, 11) is 0. The molecule has 1 aromatic heterocycles. The number of allylic oxidation sites excluding steroid dienone is 8. The minimum atomic E-state index is -0.962. The normalized spacial score (nSPS) is 19.3. The molecule has 0 radical (unpaired) electrons. The molecule has 3 aliphatic rings. The van der Waals surface area contributed by atoms with Gasteiger partial charge in [0.1, 0.15) is 12.2 Å². The van der Waals surface area contributed by atoms with Gasteiger partial charge in [-0.1, -0.05) is 93.6 Å². The summed E-state index contributed by atoms with van der Waals surface area (Å²) in [5.41, 5.74) is 12.7. The van der Waals surface area contributed by atoms with E-state index in [4.69, 9.17) is 5.21 Å². The second-order valence-corrected chi connectivity index (χ2v) is 15.2. The van der Waals surface area contributed by atoms with Crippen LogP contribution in [0.5, 0.6) is 0 Å². The number of carboxylic acids is 1. The number of hydrogen-bond acceptors (Lipinski definition) is 4. The Morgan fingerprint density at radius 1 is 0.885 bits per heavy atom. The van der Waals surface area contributed by atoms with Gasteiger partial charge < -0.3 is 10.0 Å². The van der Waals surface area contributed by atoms with Crippen molar-refractivity contribution in [2.45, 2.75) is 84.5 Å². The van der Waals surface area contributed by atoms with Crippen LogP contribution in [0.1, 0.15) is 95.1 Å². The van der Waals surface area contributed by atoms with Gasteiger partial charge in [-0.25, -0.2) is 9.48 Å². The molecule has 7 rings (SSSR count). The summed E-state index contributed by atoms with van der Waals surface area (Å²) in [6.45, 7) is 15.7. The molecule has 7 heteroatoms. The summed E-state index contributed by atoms with van der Waals surface area (Å²) in [6.07, 6.45) is 16.2. The Morgan fingerprint density at radius 3 is 2.42 bits per heavy atom. The molecule has 0 bridgehead atoms. The fourth-order valence-corrected chi connectivity index (χ4v) is 8.42. The lowest BCUT2D eigenvalue weighted by Crippen LogP contribution is -2.28. The van der Waals surface area contributed by atoms with Crippen LogP contribution in [0.4, 0.5) is 11.4 Å². The topological polar surface area (TPSA) is 74.3 Å². The zero-order valence-electron chi connectivity index (χ0n) is 31.4. The molecule has 2 aliphatic heterocycles. The standard InChI is InChI=1S/C45H49N5O2/c1-7-27-48-38-21-11-9-19-35(38)44(3,4)40(48)25-23-31-15-13-16-32(24-26-41-45(5,6)36-20-10-12-22-39(36)49(41)28-8-2)42(31)50-30-37(46-47-50)33-17-14-18-34(29-33)43(51)52/h9-12,14,17-26,29-30H,7-8,13,15-16,27-28H2,1-6H3/p+1. The van der Waals surface area contributed by atoms with Gasteiger partial charge in [-0.3, -0.25) is 0 Å². The molecule has 3 aromatic carbocycles. The first kappa shape index (κ1) is 35.1. The second-order valence-electron chi connectivity index (χ2n) is 15.2. The van der Waals surface area contributed by atoms with Crippen LogP contribution >= 0.6 is 0 Å². The molecule has 52 heavy (non-hydrogen) atoms. The molecule has 266 valence electrons. The van der Waals surface area contributed by atoms with Crippen molar-refractivity contribution in [2.75, 3.05) is 18.0 Å². The van der Waals surface area contributed by atoms with Gasteiger partial charge >= 0.3 is 5.97 Å². The largest absolute Gasteiger partial charge is 0.478 e. The Bertz CT molecular complexity index is 2190. The van der Waals surface area contributed by atoms with Crippen molar-refractivity contribution in [1.29, 1.82) is 0 Å². The lowest BCUT2D eigenvalue weighted by Gasteiger charge is -2.27. The summed E-state index contributed by atoms with van der Waals surface area (Å²) >= 11 is 0. The molecule has 0 spiro atoms. The predicted octanol–water partition coefficient (Wildman–Crippen LogP) is 10.1. The number of anilines is 1. The van der Waals surface area contributed by atoms with Crippen LogP contribution in [0.15, 0.2) is 120 Å². The predicted molar refractivity (Wildman–Crippen MR) is 211 cm³/mol. The number of carbonyl (C=O) groups is 1. The number of hydrogen-bond donors (Lipinski definition) is 1. The molecule has 1 aliphatic carbocycles. The van der Waals surface area contributed by atoms with E-state index in [1.54, 1.807) is 18.2 Å². The number of fused-ring (bicyclic) bond motifs is 2. The third-order valence-electron chi connectivity index (χ3n) is 11.0. The molecule has 3 heterocycles. The third kappa shape index (κ3) is 6.16. The first-order valence-corrected chi connectivity index (χ1v) is 18.8. The van der Waals surface area contributed by atoms with E-state index in [0.29, 0.717) is 5.69 Å². The summed E-state index contributed by atoms with van der Waals surface area (Å²) in [5, 5.41) is 18.9. The third-order valence-corrected chi connectivity index (χ3v) is 11.0. The number of nitrogens with zero attached hydrogens (tertiary/aromatic N) is 5. The fourth-order valence-electron chi connectivity index (χ4n) is 8.42. The van der Waals surface area contributed by atoms with Crippen LogP contribution in [0.25, 0.3) is 17.0 Å². The summed E-state index contributed by atoms with van der Waals surface area (Å²) in [5.74, 6) is -0.962. The number of benzene rings is 3.